The van der Waals surface area contributed by atoms with Crippen molar-refractivity contribution in [2.24, 2.45) is 0 Å². The Bertz CT molecular complexity index is 782. The van der Waals surface area contributed by atoms with Crippen LogP contribution in [0.1, 0.15) is 12.6 Å². The van der Waals surface area contributed by atoms with Gasteiger partial charge in [0.05, 0.1) is 11.2 Å². The van der Waals surface area contributed by atoms with Crippen LogP contribution in [0, 0.1) is 0 Å². The van der Waals surface area contributed by atoms with Crippen LogP contribution >= 0.6 is 23.4 Å². The highest BCUT2D eigenvalue weighted by Crippen LogP contribution is 2.31. The summed E-state index contributed by atoms with van der Waals surface area (Å²) in [5, 5.41) is 6.57. The summed E-state index contributed by atoms with van der Waals surface area (Å²) >= 11 is 7.62. The lowest BCUT2D eigenvalue weighted by atomic mass is 10.2. The lowest BCUT2D eigenvalue weighted by Gasteiger charge is -2.04. The molecule has 2 N–H and O–H groups in total. The lowest BCUT2D eigenvalue weighted by Crippen LogP contribution is -1.96. The van der Waals surface area contributed by atoms with E-state index in [1.54, 1.807) is 17.8 Å². The summed E-state index contributed by atoms with van der Waals surface area (Å²) in [6.45, 7) is 2.97. The second kappa shape index (κ2) is 6.00. The minimum Gasteiger partial charge on any atom is -0.398 e. The molecule has 0 saturated carbocycles. The second-order valence-corrected chi connectivity index (χ2v) is 6.20. The van der Waals surface area contributed by atoms with Crippen molar-refractivity contribution in [2.75, 3.05) is 5.73 Å². The van der Waals surface area contributed by atoms with Crippen LogP contribution in [0.4, 0.5) is 5.69 Å². The van der Waals surface area contributed by atoms with E-state index in [-0.39, 0.29) is 0 Å². The summed E-state index contributed by atoms with van der Waals surface area (Å²) in [7, 11) is 0. The molecule has 0 saturated heterocycles. The van der Waals surface area contributed by atoms with Crippen molar-refractivity contribution in [3.63, 3.8) is 0 Å². The van der Waals surface area contributed by atoms with Crippen molar-refractivity contribution in [1.82, 2.24) is 9.78 Å². The normalized spacial score (nSPS) is 11.1. The Balaban J connectivity index is 1.88. The Labute approximate surface area is 133 Å². The Hall–Kier alpha value is -1.65. The number of aromatic nitrogens is 2. The molecule has 0 spiro atoms. The van der Waals surface area contributed by atoms with E-state index in [2.05, 4.69) is 25.1 Å². The molecule has 0 bridgehead atoms. The average molecular weight is 318 g/mol. The van der Waals surface area contributed by atoms with Crippen LogP contribution in [0.2, 0.25) is 5.02 Å². The zero-order valence-corrected chi connectivity index (χ0v) is 13.3. The molecule has 0 radical (unpaired) electrons. The number of rotatable bonds is 4. The summed E-state index contributed by atoms with van der Waals surface area (Å²) in [5.74, 6) is 0.791. The number of nitrogens with zero attached hydrogens (tertiary/aromatic N) is 2. The number of benzene rings is 2. The number of para-hydroxylation sites is 1. The van der Waals surface area contributed by atoms with Crippen LogP contribution < -0.4 is 5.73 Å². The van der Waals surface area contributed by atoms with Crippen molar-refractivity contribution in [3.8, 4) is 0 Å². The molecule has 1 aromatic heterocycles. The zero-order chi connectivity index (χ0) is 14.8. The van der Waals surface area contributed by atoms with Crippen LogP contribution in [0.3, 0.4) is 0 Å². The van der Waals surface area contributed by atoms with Crippen LogP contribution in [-0.2, 0) is 12.3 Å². The third kappa shape index (κ3) is 2.87. The average Bonchev–Trinajstić information content (AvgIpc) is 2.85. The van der Waals surface area contributed by atoms with Gasteiger partial charge in [0, 0.05) is 33.3 Å². The molecule has 0 atom stereocenters. The van der Waals surface area contributed by atoms with Gasteiger partial charge in [-0.05, 0) is 31.2 Å². The highest BCUT2D eigenvalue weighted by atomic mass is 35.5. The van der Waals surface area contributed by atoms with Gasteiger partial charge in [-0.15, -0.1) is 11.8 Å². The largest absolute Gasteiger partial charge is 0.398 e. The first-order chi connectivity index (χ1) is 10.2. The number of nitrogen functional groups attached to an aromatic ring is 1. The molecule has 0 aliphatic carbocycles. The fourth-order valence-electron chi connectivity index (χ4n) is 2.34. The molecule has 108 valence electrons. The minimum absolute atomic E-state index is 0.664. The van der Waals surface area contributed by atoms with E-state index in [1.165, 1.54) is 10.9 Å². The molecule has 0 fully saturated rings. The number of hydrogen-bond acceptors (Lipinski definition) is 3. The molecule has 21 heavy (non-hydrogen) atoms. The fraction of sp³-hybridized carbons (Fsp3) is 0.188. The van der Waals surface area contributed by atoms with E-state index < -0.39 is 0 Å². The number of anilines is 1. The van der Waals surface area contributed by atoms with E-state index in [0.717, 1.165) is 22.9 Å². The Kier molecular flexibility index (Phi) is 4.08. The van der Waals surface area contributed by atoms with Gasteiger partial charge in [-0.2, -0.15) is 5.10 Å². The molecule has 3 rings (SSSR count). The van der Waals surface area contributed by atoms with Gasteiger partial charge >= 0.3 is 0 Å². The molecule has 3 aromatic rings. The van der Waals surface area contributed by atoms with Crippen molar-refractivity contribution < 1.29 is 0 Å². The number of hydrogen-bond donors (Lipinski definition) is 1. The van der Waals surface area contributed by atoms with Crippen molar-refractivity contribution in [3.05, 3.63) is 53.2 Å². The molecule has 0 aliphatic rings. The third-order valence-electron chi connectivity index (χ3n) is 3.37. The maximum atomic E-state index is 6.00. The number of halogens is 1. The van der Waals surface area contributed by atoms with Gasteiger partial charge in [-0.1, -0.05) is 29.8 Å². The molecule has 0 amide bonds. The highest BCUT2D eigenvalue weighted by Gasteiger charge is 2.10. The first kappa shape index (κ1) is 14.3. The zero-order valence-electron chi connectivity index (χ0n) is 11.7. The first-order valence-electron chi connectivity index (χ1n) is 6.81. The van der Waals surface area contributed by atoms with Crippen molar-refractivity contribution in [1.29, 1.82) is 0 Å². The second-order valence-electron chi connectivity index (χ2n) is 4.75. The minimum atomic E-state index is 0.664. The van der Waals surface area contributed by atoms with Crippen LogP contribution in [-0.4, -0.2) is 9.78 Å². The smallest absolute Gasteiger partial charge is 0.0805 e. The van der Waals surface area contributed by atoms with Crippen LogP contribution in [0.5, 0.6) is 0 Å². The van der Waals surface area contributed by atoms with Gasteiger partial charge in [-0.3, -0.25) is 4.68 Å². The predicted molar refractivity (Wildman–Crippen MR) is 90.8 cm³/mol. The standard InChI is InChI=1S/C16H16ClN3S/c1-2-20-15-6-4-3-5-12(15)14(19-20)10-21-16-8-7-11(17)9-13(16)18/h3-9H,2,10,18H2,1H3. The van der Waals surface area contributed by atoms with E-state index in [4.69, 9.17) is 22.4 Å². The summed E-state index contributed by atoms with van der Waals surface area (Å²) in [6.07, 6.45) is 0. The topological polar surface area (TPSA) is 43.8 Å². The Morgan fingerprint density at radius 1 is 1.24 bits per heavy atom. The molecular weight excluding hydrogens is 302 g/mol. The van der Waals surface area contributed by atoms with Gasteiger partial charge in [0.2, 0.25) is 0 Å². The summed E-state index contributed by atoms with van der Waals surface area (Å²) in [4.78, 5) is 1.04. The number of fused-ring (bicyclic) bond motifs is 1. The summed E-state index contributed by atoms with van der Waals surface area (Å²) < 4.78 is 2.04. The van der Waals surface area contributed by atoms with Gasteiger partial charge in [0.15, 0.2) is 0 Å². The monoisotopic (exact) mass is 317 g/mol. The Morgan fingerprint density at radius 3 is 2.81 bits per heavy atom. The fourth-order valence-corrected chi connectivity index (χ4v) is 3.42. The number of thioether (sulfide) groups is 1. The van der Waals surface area contributed by atoms with Crippen molar-refractivity contribution >= 4 is 40.0 Å². The van der Waals surface area contributed by atoms with Gasteiger partial charge in [0.1, 0.15) is 0 Å². The lowest BCUT2D eigenvalue weighted by molar-refractivity contribution is 0.675. The first-order valence-corrected chi connectivity index (χ1v) is 8.17. The maximum absolute atomic E-state index is 6.00. The van der Waals surface area contributed by atoms with Gasteiger partial charge in [-0.25, -0.2) is 0 Å². The Morgan fingerprint density at radius 2 is 2.05 bits per heavy atom. The predicted octanol–water partition coefficient (Wildman–Crippen LogP) is 4.58. The molecule has 5 heteroatoms. The third-order valence-corrected chi connectivity index (χ3v) is 4.71. The maximum Gasteiger partial charge on any atom is 0.0805 e. The number of nitrogens with two attached hydrogens (primary N) is 1. The van der Waals surface area contributed by atoms with E-state index >= 15 is 0 Å². The molecule has 0 aliphatic heterocycles. The van der Waals surface area contributed by atoms with Gasteiger partial charge < -0.3 is 5.73 Å². The summed E-state index contributed by atoms with van der Waals surface area (Å²) in [6, 6.07) is 13.9. The quantitative estimate of drug-likeness (QED) is 0.565. The number of aryl methyl sites for hydroxylation is 1. The SMILES string of the molecule is CCn1nc(CSc2ccc(Cl)cc2N)c2ccccc21. The molecular formula is C16H16ClN3S. The molecule has 3 nitrogen and oxygen atoms in total. The van der Waals surface area contributed by atoms with E-state index in [0.29, 0.717) is 10.7 Å². The van der Waals surface area contributed by atoms with E-state index in [9.17, 15) is 0 Å². The summed E-state index contributed by atoms with van der Waals surface area (Å²) in [5.41, 5.74) is 8.98. The van der Waals surface area contributed by atoms with E-state index in [1.807, 2.05) is 22.9 Å². The van der Waals surface area contributed by atoms with Gasteiger partial charge in [0.25, 0.3) is 0 Å². The van der Waals surface area contributed by atoms with Crippen LogP contribution in [0.25, 0.3) is 10.9 Å². The molecule has 2 aromatic carbocycles. The van der Waals surface area contributed by atoms with Crippen molar-refractivity contribution in [2.45, 2.75) is 24.1 Å². The molecule has 0 unspecified atom stereocenters. The molecule has 1 heterocycles. The van der Waals surface area contributed by atoms with Crippen LogP contribution in [0.15, 0.2) is 47.4 Å². The highest BCUT2D eigenvalue weighted by molar-refractivity contribution is 7.98.